The van der Waals surface area contributed by atoms with Crippen LogP contribution in [0.15, 0.2) is 61.2 Å². The second kappa shape index (κ2) is 4.43. The molecule has 2 N–H and O–H groups in total. The van der Waals surface area contributed by atoms with E-state index in [4.69, 9.17) is 5.73 Å². The Kier molecular flexibility index (Phi) is 2.77. The number of fused-ring (bicyclic) bond motifs is 2. The monoisotopic (exact) mass is 235 g/mol. The summed E-state index contributed by atoms with van der Waals surface area (Å²) in [6.07, 6.45) is 2.86. The zero-order valence-corrected chi connectivity index (χ0v) is 10.3. The van der Waals surface area contributed by atoms with Gasteiger partial charge in [-0.1, -0.05) is 54.6 Å². The fourth-order valence-corrected chi connectivity index (χ4v) is 2.92. The molecule has 0 aliphatic heterocycles. The molecule has 0 heterocycles. The van der Waals surface area contributed by atoms with Crippen LogP contribution in [0, 0.1) is 0 Å². The number of hydrogen-bond donors (Lipinski definition) is 1. The highest BCUT2D eigenvalue weighted by atomic mass is 14.6. The van der Waals surface area contributed by atoms with Crippen LogP contribution in [0.25, 0.3) is 0 Å². The van der Waals surface area contributed by atoms with E-state index in [0.717, 1.165) is 6.42 Å². The summed E-state index contributed by atoms with van der Waals surface area (Å²) in [6.45, 7) is 3.86. The van der Waals surface area contributed by atoms with Crippen molar-refractivity contribution in [3.05, 3.63) is 83.4 Å². The number of nitrogens with two attached hydrogens (primary N) is 1. The van der Waals surface area contributed by atoms with Gasteiger partial charge >= 0.3 is 0 Å². The van der Waals surface area contributed by atoms with Gasteiger partial charge in [0.2, 0.25) is 0 Å². The van der Waals surface area contributed by atoms with Gasteiger partial charge in [-0.25, -0.2) is 0 Å². The SMILES string of the molecule is C=CC(N)C1c2ccccc2Cc2ccccc21. The molecule has 1 heteroatoms. The average molecular weight is 235 g/mol. The molecule has 0 amide bonds. The van der Waals surface area contributed by atoms with Crippen molar-refractivity contribution in [3.8, 4) is 0 Å². The molecule has 90 valence electrons. The van der Waals surface area contributed by atoms with E-state index < -0.39 is 0 Å². The normalized spacial score (nSPS) is 15.6. The minimum absolute atomic E-state index is 0.0346. The summed E-state index contributed by atoms with van der Waals surface area (Å²) in [4.78, 5) is 0. The molecule has 0 saturated carbocycles. The summed E-state index contributed by atoms with van der Waals surface area (Å²) in [7, 11) is 0. The van der Waals surface area contributed by atoms with Crippen molar-refractivity contribution in [3.63, 3.8) is 0 Å². The maximum atomic E-state index is 6.26. The molecule has 0 fully saturated rings. The van der Waals surface area contributed by atoms with Gasteiger partial charge in [-0.15, -0.1) is 6.58 Å². The van der Waals surface area contributed by atoms with Gasteiger partial charge in [0, 0.05) is 12.0 Å². The van der Waals surface area contributed by atoms with E-state index in [1.165, 1.54) is 22.3 Å². The first-order valence-electron chi connectivity index (χ1n) is 6.35. The van der Waals surface area contributed by atoms with Crippen LogP contribution in [0.5, 0.6) is 0 Å². The molecular weight excluding hydrogens is 218 g/mol. The lowest BCUT2D eigenvalue weighted by atomic mass is 9.75. The maximum absolute atomic E-state index is 6.26. The van der Waals surface area contributed by atoms with E-state index >= 15 is 0 Å². The van der Waals surface area contributed by atoms with E-state index in [0.29, 0.717) is 0 Å². The van der Waals surface area contributed by atoms with Crippen molar-refractivity contribution < 1.29 is 0 Å². The maximum Gasteiger partial charge on any atom is 0.0332 e. The molecule has 18 heavy (non-hydrogen) atoms. The highest BCUT2D eigenvalue weighted by molar-refractivity contribution is 5.50. The number of benzene rings is 2. The lowest BCUT2D eigenvalue weighted by molar-refractivity contribution is 0.675. The molecule has 2 aromatic rings. The smallest absolute Gasteiger partial charge is 0.0332 e. The first kappa shape index (κ1) is 11.2. The van der Waals surface area contributed by atoms with E-state index in [9.17, 15) is 0 Å². The summed E-state index contributed by atoms with van der Waals surface area (Å²) in [6, 6.07) is 17.1. The molecular formula is C17H17N. The molecule has 1 aliphatic carbocycles. The summed E-state index contributed by atoms with van der Waals surface area (Å²) in [5.74, 6) is 0.239. The summed E-state index contributed by atoms with van der Waals surface area (Å²) < 4.78 is 0. The predicted octanol–water partition coefficient (Wildman–Crippen LogP) is 3.24. The fourth-order valence-electron chi connectivity index (χ4n) is 2.92. The summed E-state index contributed by atoms with van der Waals surface area (Å²) in [5, 5.41) is 0. The van der Waals surface area contributed by atoms with Gasteiger partial charge in [0.25, 0.3) is 0 Å². The highest BCUT2D eigenvalue weighted by Gasteiger charge is 2.28. The van der Waals surface area contributed by atoms with Gasteiger partial charge in [-0.3, -0.25) is 0 Å². The summed E-state index contributed by atoms with van der Waals surface area (Å²) >= 11 is 0. The molecule has 1 atom stereocenters. The van der Waals surface area contributed by atoms with Crippen LogP contribution in [-0.4, -0.2) is 6.04 Å². The zero-order chi connectivity index (χ0) is 12.5. The van der Waals surface area contributed by atoms with Gasteiger partial charge in [-0.05, 0) is 28.7 Å². The van der Waals surface area contributed by atoms with E-state index in [1.54, 1.807) is 0 Å². The minimum atomic E-state index is -0.0346. The molecule has 0 spiro atoms. The van der Waals surface area contributed by atoms with Crippen molar-refractivity contribution in [2.24, 2.45) is 5.73 Å². The van der Waals surface area contributed by atoms with E-state index in [-0.39, 0.29) is 12.0 Å². The molecule has 1 nitrogen and oxygen atoms in total. The summed E-state index contributed by atoms with van der Waals surface area (Å²) in [5.41, 5.74) is 11.7. The molecule has 0 saturated heterocycles. The lowest BCUT2D eigenvalue weighted by Crippen LogP contribution is -2.30. The fraction of sp³-hybridized carbons (Fsp3) is 0.176. The lowest BCUT2D eigenvalue weighted by Gasteiger charge is -2.31. The van der Waals surface area contributed by atoms with Gasteiger partial charge in [0.1, 0.15) is 0 Å². The van der Waals surface area contributed by atoms with Crippen LogP contribution < -0.4 is 5.73 Å². The highest BCUT2D eigenvalue weighted by Crippen LogP contribution is 2.38. The predicted molar refractivity (Wildman–Crippen MR) is 75.7 cm³/mol. The third kappa shape index (κ3) is 1.68. The molecule has 0 bridgehead atoms. The van der Waals surface area contributed by atoms with Crippen molar-refractivity contribution in [1.29, 1.82) is 0 Å². The molecule has 1 unspecified atom stereocenters. The standard InChI is InChI=1S/C17H17N/c1-2-16(18)17-14-9-5-3-7-12(14)11-13-8-4-6-10-15(13)17/h2-10,16-17H,1,11,18H2. The van der Waals surface area contributed by atoms with Crippen LogP contribution in [-0.2, 0) is 6.42 Å². The van der Waals surface area contributed by atoms with Crippen LogP contribution >= 0.6 is 0 Å². The first-order valence-corrected chi connectivity index (χ1v) is 6.35. The Labute approximate surface area is 108 Å². The Bertz CT molecular complexity index is 540. The molecule has 2 aromatic carbocycles. The second-order valence-electron chi connectivity index (χ2n) is 4.87. The van der Waals surface area contributed by atoms with Gasteiger partial charge < -0.3 is 5.73 Å². The largest absolute Gasteiger partial charge is 0.324 e. The van der Waals surface area contributed by atoms with Crippen molar-refractivity contribution in [2.45, 2.75) is 18.4 Å². The Hall–Kier alpha value is -1.86. The van der Waals surface area contributed by atoms with Crippen molar-refractivity contribution in [1.82, 2.24) is 0 Å². The second-order valence-corrected chi connectivity index (χ2v) is 4.87. The molecule has 3 rings (SSSR count). The zero-order valence-electron chi connectivity index (χ0n) is 10.3. The van der Waals surface area contributed by atoms with Gasteiger partial charge in [0.15, 0.2) is 0 Å². The quantitative estimate of drug-likeness (QED) is 0.795. The van der Waals surface area contributed by atoms with Crippen molar-refractivity contribution >= 4 is 0 Å². The van der Waals surface area contributed by atoms with Crippen LogP contribution in [0.2, 0.25) is 0 Å². The number of rotatable bonds is 2. The van der Waals surface area contributed by atoms with E-state index in [2.05, 4.69) is 55.1 Å². The Morgan fingerprint density at radius 1 is 1.00 bits per heavy atom. The Morgan fingerprint density at radius 3 is 2.00 bits per heavy atom. The van der Waals surface area contributed by atoms with Gasteiger partial charge in [-0.2, -0.15) is 0 Å². The molecule has 1 aliphatic rings. The van der Waals surface area contributed by atoms with E-state index in [1.807, 2.05) is 6.08 Å². The Morgan fingerprint density at radius 2 is 1.50 bits per heavy atom. The molecule has 0 aromatic heterocycles. The number of hydrogen-bond acceptors (Lipinski definition) is 1. The average Bonchev–Trinajstić information content (AvgIpc) is 2.44. The van der Waals surface area contributed by atoms with Crippen LogP contribution in [0.3, 0.4) is 0 Å². The first-order chi connectivity index (χ1) is 8.81. The van der Waals surface area contributed by atoms with Crippen LogP contribution in [0.4, 0.5) is 0 Å². The minimum Gasteiger partial charge on any atom is -0.324 e. The third-order valence-corrected chi connectivity index (χ3v) is 3.82. The topological polar surface area (TPSA) is 26.0 Å². The molecule has 0 radical (unpaired) electrons. The Balaban J connectivity index is 2.20. The van der Waals surface area contributed by atoms with Crippen molar-refractivity contribution in [2.75, 3.05) is 0 Å². The third-order valence-electron chi connectivity index (χ3n) is 3.82. The van der Waals surface area contributed by atoms with Crippen LogP contribution in [0.1, 0.15) is 28.2 Å². The van der Waals surface area contributed by atoms with Gasteiger partial charge in [0.05, 0.1) is 0 Å².